The first kappa shape index (κ1) is 22.0. The summed E-state index contributed by atoms with van der Waals surface area (Å²) in [6.07, 6.45) is -4.80. The van der Waals surface area contributed by atoms with Gasteiger partial charge in [0.25, 0.3) is 5.91 Å². The van der Waals surface area contributed by atoms with Gasteiger partial charge in [0.1, 0.15) is 11.6 Å². The Balaban J connectivity index is 1.58. The lowest BCUT2D eigenvalue weighted by atomic mass is 9.97. The number of hydrogen-bond donors (Lipinski definition) is 2. The number of carbonyl (C=O) groups is 1. The monoisotopic (exact) mass is 464 g/mol. The van der Waals surface area contributed by atoms with Crippen LogP contribution in [0.15, 0.2) is 54.6 Å². The normalized spacial score (nSPS) is 17.9. The van der Waals surface area contributed by atoms with Gasteiger partial charge in [-0.2, -0.15) is 18.3 Å². The molecule has 0 radical (unpaired) electrons. The maximum Gasteiger partial charge on any atom is 0.410 e. The number of rotatable bonds is 5. The van der Waals surface area contributed by atoms with E-state index in [4.69, 9.17) is 16.3 Å². The number of halogens is 4. The van der Waals surface area contributed by atoms with E-state index in [2.05, 4.69) is 15.7 Å². The van der Waals surface area contributed by atoms with E-state index in [-0.39, 0.29) is 17.9 Å². The molecule has 2 heterocycles. The number of anilines is 2. The largest absolute Gasteiger partial charge is 0.494 e. The topological polar surface area (TPSA) is 68.2 Å². The minimum Gasteiger partial charge on any atom is -0.494 e. The number of carbonyl (C=O) groups excluding carboxylic acids is 1. The van der Waals surface area contributed by atoms with Gasteiger partial charge in [0.2, 0.25) is 0 Å². The van der Waals surface area contributed by atoms with Crippen molar-refractivity contribution in [1.29, 1.82) is 0 Å². The Bertz CT molecular complexity index is 1100. The molecule has 0 bridgehead atoms. The standard InChI is InChI=1S/C22H20ClF3N4O2/c1-2-32-16-9-7-15(8-10-16)27-21(31)18-12-20-28-17(13-3-5-14(23)6-4-13)11-19(22(24,25)26)30(20)29-18/h3-10,12,17,19,28H,2,11H2,1H3,(H,27,31). The molecule has 1 aliphatic rings. The summed E-state index contributed by atoms with van der Waals surface area (Å²) in [6, 6.07) is 12.1. The summed E-state index contributed by atoms with van der Waals surface area (Å²) < 4.78 is 47.6. The Hall–Kier alpha value is -3.20. The van der Waals surface area contributed by atoms with E-state index in [1.165, 1.54) is 6.07 Å². The molecule has 32 heavy (non-hydrogen) atoms. The third-order valence-electron chi connectivity index (χ3n) is 5.12. The highest BCUT2D eigenvalue weighted by Gasteiger charge is 2.46. The van der Waals surface area contributed by atoms with Crippen LogP contribution in [0.1, 0.15) is 41.5 Å². The molecule has 2 atom stereocenters. The van der Waals surface area contributed by atoms with Gasteiger partial charge in [-0.25, -0.2) is 4.68 Å². The summed E-state index contributed by atoms with van der Waals surface area (Å²) in [5.74, 6) is 0.158. The summed E-state index contributed by atoms with van der Waals surface area (Å²) in [7, 11) is 0. The van der Waals surface area contributed by atoms with E-state index >= 15 is 0 Å². The van der Waals surface area contributed by atoms with Crippen LogP contribution in [0.4, 0.5) is 24.7 Å². The fraction of sp³-hybridized carbons (Fsp3) is 0.273. The Morgan fingerprint density at radius 3 is 2.53 bits per heavy atom. The molecule has 0 spiro atoms. The lowest BCUT2D eigenvalue weighted by Gasteiger charge is -2.33. The van der Waals surface area contributed by atoms with Crippen molar-refractivity contribution in [3.8, 4) is 5.75 Å². The highest BCUT2D eigenvalue weighted by atomic mass is 35.5. The van der Waals surface area contributed by atoms with Crippen molar-refractivity contribution in [2.75, 3.05) is 17.2 Å². The maximum absolute atomic E-state index is 13.8. The van der Waals surface area contributed by atoms with Crippen LogP contribution in [-0.4, -0.2) is 28.5 Å². The predicted octanol–water partition coefficient (Wildman–Crippen LogP) is 5.85. The summed E-state index contributed by atoms with van der Waals surface area (Å²) in [6.45, 7) is 2.37. The van der Waals surface area contributed by atoms with Crippen LogP contribution in [0, 0.1) is 0 Å². The molecule has 1 aliphatic heterocycles. The average molecular weight is 465 g/mol. The minimum absolute atomic E-state index is 0.118. The van der Waals surface area contributed by atoms with Gasteiger partial charge in [-0.05, 0) is 48.9 Å². The lowest BCUT2D eigenvalue weighted by Crippen LogP contribution is -2.35. The van der Waals surface area contributed by atoms with Crippen LogP contribution in [0.3, 0.4) is 0 Å². The fourth-order valence-corrected chi connectivity index (χ4v) is 3.72. The summed E-state index contributed by atoms with van der Waals surface area (Å²) in [4.78, 5) is 12.6. The maximum atomic E-state index is 13.8. The van der Waals surface area contributed by atoms with Crippen molar-refractivity contribution in [1.82, 2.24) is 9.78 Å². The molecule has 10 heteroatoms. The predicted molar refractivity (Wildman–Crippen MR) is 115 cm³/mol. The molecule has 0 saturated carbocycles. The van der Waals surface area contributed by atoms with Crippen LogP contribution in [0.5, 0.6) is 5.75 Å². The smallest absolute Gasteiger partial charge is 0.410 e. The highest BCUT2D eigenvalue weighted by molar-refractivity contribution is 6.30. The van der Waals surface area contributed by atoms with Crippen molar-refractivity contribution >= 4 is 29.0 Å². The molecule has 4 rings (SSSR count). The van der Waals surface area contributed by atoms with E-state index in [1.807, 2.05) is 6.92 Å². The number of aromatic nitrogens is 2. The second-order valence-electron chi connectivity index (χ2n) is 7.31. The van der Waals surface area contributed by atoms with Gasteiger partial charge in [-0.3, -0.25) is 4.79 Å². The second kappa shape index (κ2) is 8.74. The van der Waals surface area contributed by atoms with E-state index in [0.717, 1.165) is 4.68 Å². The van der Waals surface area contributed by atoms with Gasteiger partial charge < -0.3 is 15.4 Å². The Morgan fingerprint density at radius 1 is 1.22 bits per heavy atom. The third kappa shape index (κ3) is 4.67. The molecular weight excluding hydrogens is 445 g/mol. The zero-order valence-electron chi connectivity index (χ0n) is 17.0. The van der Waals surface area contributed by atoms with Crippen molar-refractivity contribution in [2.24, 2.45) is 0 Å². The number of nitrogens with one attached hydrogen (secondary N) is 2. The second-order valence-corrected chi connectivity index (χ2v) is 7.75. The van der Waals surface area contributed by atoms with Gasteiger partial charge in [0.15, 0.2) is 11.7 Å². The Labute approximate surface area is 187 Å². The van der Waals surface area contributed by atoms with Crippen LogP contribution in [0.25, 0.3) is 0 Å². The van der Waals surface area contributed by atoms with Crippen molar-refractivity contribution in [3.05, 3.63) is 70.9 Å². The number of nitrogens with zero attached hydrogens (tertiary/aromatic N) is 2. The summed E-state index contributed by atoms with van der Waals surface area (Å²) in [5, 5.41) is 10.2. The fourth-order valence-electron chi connectivity index (χ4n) is 3.59. The first-order valence-electron chi connectivity index (χ1n) is 9.97. The molecule has 2 N–H and O–H groups in total. The quantitative estimate of drug-likeness (QED) is 0.497. The van der Waals surface area contributed by atoms with Gasteiger partial charge in [0, 0.05) is 23.2 Å². The van der Waals surface area contributed by atoms with E-state index in [9.17, 15) is 18.0 Å². The van der Waals surface area contributed by atoms with Crippen molar-refractivity contribution < 1.29 is 22.7 Å². The van der Waals surface area contributed by atoms with Crippen molar-refractivity contribution in [2.45, 2.75) is 31.6 Å². The van der Waals surface area contributed by atoms with Crippen molar-refractivity contribution in [3.63, 3.8) is 0 Å². The van der Waals surface area contributed by atoms with Gasteiger partial charge in [0.05, 0.1) is 12.6 Å². The lowest BCUT2D eigenvalue weighted by molar-refractivity contribution is -0.173. The number of benzene rings is 2. The first-order valence-corrected chi connectivity index (χ1v) is 10.3. The van der Waals surface area contributed by atoms with Crippen LogP contribution in [-0.2, 0) is 0 Å². The molecule has 3 aromatic rings. The average Bonchev–Trinajstić information content (AvgIpc) is 3.19. The van der Waals surface area contributed by atoms with E-state index in [0.29, 0.717) is 28.6 Å². The molecule has 6 nitrogen and oxygen atoms in total. The van der Waals surface area contributed by atoms with Gasteiger partial charge in [-0.15, -0.1) is 0 Å². The molecule has 1 amide bonds. The molecule has 1 aromatic heterocycles. The molecule has 0 aliphatic carbocycles. The van der Waals surface area contributed by atoms with Gasteiger partial charge in [-0.1, -0.05) is 23.7 Å². The van der Waals surface area contributed by atoms with Gasteiger partial charge >= 0.3 is 6.18 Å². The SMILES string of the molecule is CCOc1ccc(NC(=O)c2cc3n(n2)C(C(F)(F)F)CC(c2ccc(Cl)cc2)N3)cc1. The molecule has 2 unspecified atom stereocenters. The molecule has 168 valence electrons. The number of hydrogen-bond acceptors (Lipinski definition) is 4. The number of fused-ring (bicyclic) bond motifs is 1. The Morgan fingerprint density at radius 2 is 1.91 bits per heavy atom. The van der Waals surface area contributed by atoms with Crippen LogP contribution in [0.2, 0.25) is 5.02 Å². The van der Waals surface area contributed by atoms with Crippen LogP contribution >= 0.6 is 11.6 Å². The molecule has 0 saturated heterocycles. The van der Waals surface area contributed by atoms with Crippen LogP contribution < -0.4 is 15.4 Å². The number of alkyl halides is 3. The summed E-state index contributed by atoms with van der Waals surface area (Å²) >= 11 is 5.90. The van der Waals surface area contributed by atoms with E-state index < -0.39 is 24.2 Å². The Kier molecular flexibility index (Phi) is 6.01. The zero-order chi connectivity index (χ0) is 22.9. The minimum atomic E-state index is -4.53. The number of amides is 1. The summed E-state index contributed by atoms with van der Waals surface area (Å²) in [5.41, 5.74) is 1.02. The highest BCUT2D eigenvalue weighted by Crippen LogP contribution is 2.43. The van der Waals surface area contributed by atoms with E-state index in [1.54, 1.807) is 48.5 Å². The molecule has 2 aromatic carbocycles. The number of ether oxygens (including phenoxy) is 1. The zero-order valence-corrected chi connectivity index (χ0v) is 17.7. The molecular formula is C22H20ClF3N4O2. The third-order valence-corrected chi connectivity index (χ3v) is 5.37. The first-order chi connectivity index (χ1) is 15.2. The molecule has 0 fully saturated rings.